The quantitative estimate of drug-likeness (QED) is 0.803. The van der Waals surface area contributed by atoms with Crippen LogP contribution < -0.4 is 5.32 Å². The van der Waals surface area contributed by atoms with Gasteiger partial charge in [0.25, 0.3) is 0 Å². The molecule has 0 saturated heterocycles. The molecule has 3 N–H and O–H groups in total. The summed E-state index contributed by atoms with van der Waals surface area (Å²) in [5, 5.41) is 11.1. The van der Waals surface area contributed by atoms with Gasteiger partial charge in [0.2, 0.25) is 0 Å². The normalized spacial score (nSPS) is 17.5. The Balaban J connectivity index is 1.89. The van der Waals surface area contributed by atoms with Crippen LogP contribution in [0.5, 0.6) is 0 Å². The summed E-state index contributed by atoms with van der Waals surface area (Å²) in [7, 11) is 2.01. The van der Waals surface area contributed by atoms with Crippen LogP contribution in [0.25, 0.3) is 17.5 Å². The highest BCUT2D eigenvalue weighted by molar-refractivity contribution is 5.68. The zero-order valence-corrected chi connectivity index (χ0v) is 14.9. The molecule has 124 valence electrons. The highest BCUT2D eigenvalue weighted by Gasteiger charge is 2.20. The first kappa shape index (κ1) is 16.1. The largest absolute Gasteiger partial charge is 0.357 e. The Morgan fingerprint density at radius 2 is 2.13 bits per heavy atom. The molecule has 0 aromatic carbocycles. The molecule has 23 heavy (non-hydrogen) atoms. The molecule has 0 amide bonds. The summed E-state index contributed by atoms with van der Waals surface area (Å²) in [4.78, 5) is 3.59. The van der Waals surface area contributed by atoms with Gasteiger partial charge >= 0.3 is 0 Å². The number of aryl methyl sites for hydroxylation is 1. The van der Waals surface area contributed by atoms with E-state index >= 15 is 0 Å². The Labute approximate surface area is 138 Å². The maximum absolute atomic E-state index is 4.57. The van der Waals surface area contributed by atoms with Gasteiger partial charge in [0.15, 0.2) is 0 Å². The van der Waals surface area contributed by atoms with Crippen LogP contribution in [0.4, 0.5) is 0 Å². The third-order valence-electron chi connectivity index (χ3n) is 4.69. The number of likely N-dealkylation sites (N-methyl/N-ethyl adjacent to an activating group) is 1. The van der Waals surface area contributed by atoms with Gasteiger partial charge in [-0.15, -0.1) is 0 Å². The molecule has 3 rings (SSSR count). The lowest BCUT2D eigenvalue weighted by atomic mass is 9.88. The van der Waals surface area contributed by atoms with Crippen LogP contribution in [0.1, 0.15) is 49.7 Å². The minimum absolute atomic E-state index is 0.332. The van der Waals surface area contributed by atoms with Crippen molar-refractivity contribution in [2.75, 3.05) is 7.05 Å². The van der Waals surface area contributed by atoms with E-state index in [0.29, 0.717) is 11.5 Å². The second-order valence-electron chi connectivity index (χ2n) is 7.81. The summed E-state index contributed by atoms with van der Waals surface area (Å²) in [5.41, 5.74) is 7.64. The number of nitrogens with one attached hydrogen (secondary N) is 3. The highest BCUT2D eigenvalue weighted by Crippen LogP contribution is 2.31. The van der Waals surface area contributed by atoms with Crippen molar-refractivity contribution in [2.45, 2.75) is 53.0 Å². The van der Waals surface area contributed by atoms with E-state index in [2.05, 4.69) is 66.4 Å². The maximum Gasteiger partial charge on any atom is 0.112 e. The van der Waals surface area contributed by atoms with E-state index in [9.17, 15) is 0 Å². The molecule has 0 bridgehead atoms. The van der Waals surface area contributed by atoms with Gasteiger partial charge in [0.05, 0.1) is 5.69 Å². The van der Waals surface area contributed by atoms with Crippen molar-refractivity contribution in [3.63, 3.8) is 0 Å². The third-order valence-corrected chi connectivity index (χ3v) is 4.69. The monoisotopic (exact) mass is 312 g/mol. The lowest BCUT2D eigenvalue weighted by molar-refractivity contribution is 0.378. The van der Waals surface area contributed by atoms with E-state index in [1.165, 1.54) is 22.5 Å². The van der Waals surface area contributed by atoms with E-state index < -0.39 is 0 Å². The molecule has 4 nitrogen and oxygen atoms in total. The average Bonchev–Trinajstić information content (AvgIpc) is 3.06. The van der Waals surface area contributed by atoms with Crippen LogP contribution in [-0.4, -0.2) is 28.3 Å². The Morgan fingerprint density at radius 1 is 1.35 bits per heavy atom. The second-order valence-corrected chi connectivity index (χ2v) is 7.81. The van der Waals surface area contributed by atoms with Crippen molar-refractivity contribution in [1.82, 2.24) is 20.5 Å². The van der Waals surface area contributed by atoms with Crippen LogP contribution in [0.2, 0.25) is 0 Å². The number of nitrogens with zero attached hydrogens (tertiary/aromatic N) is 1. The summed E-state index contributed by atoms with van der Waals surface area (Å²) in [6.45, 7) is 8.99. The number of rotatable bonds is 4. The van der Waals surface area contributed by atoms with E-state index in [0.717, 1.165) is 30.7 Å². The number of aromatic amines is 2. The number of fused-ring (bicyclic) bond motifs is 1. The highest BCUT2D eigenvalue weighted by atomic mass is 15.1. The van der Waals surface area contributed by atoms with Crippen LogP contribution >= 0.6 is 0 Å². The molecule has 1 aliphatic carbocycles. The molecule has 0 fully saturated rings. The van der Waals surface area contributed by atoms with Crippen LogP contribution in [0.15, 0.2) is 12.1 Å². The van der Waals surface area contributed by atoms with E-state index in [1.807, 2.05) is 7.05 Å². The number of hydrogen-bond acceptors (Lipinski definition) is 2. The van der Waals surface area contributed by atoms with Gasteiger partial charge < -0.3 is 10.3 Å². The van der Waals surface area contributed by atoms with Gasteiger partial charge in [-0.05, 0) is 43.9 Å². The number of hydrogen-bond donors (Lipinski definition) is 3. The smallest absolute Gasteiger partial charge is 0.112 e. The number of H-pyrrole nitrogens is 2. The molecule has 0 aliphatic heterocycles. The summed E-state index contributed by atoms with van der Waals surface area (Å²) in [6.07, 6.45) is 7.65. The van der Waals surface area contributed by atoms with E-state index in [1.54, 1.807) is 0 Å². The molecular weight excluding hydrogens is 284 g/mol. The van der Waals surface area contributed by atoms with E-state index in [-0.39, 0.29) is 0 Å². The van der Waals surface area contributed by atoms with Crippen molar-refractivity contribution in [3.8, 4) is 11.4 Å². The molecular formula is C19H28N4. The number of aromatic nitrogens is 3. The SMILES string of the molecule is CNC1C=Cc2cc(-c3n[nH]c(C)c3CCC(C)(C)C)[nH]c2C1. The van der Waals surface area contributed by atoms with Crippen molar-refractivity contribution < 1.29 is 0 Å². The molecule has 0 spiro atoms. The Hall–Kier alpha value is -1.81. The molecule has 4 heteroatoms. The molecule has 2 heterocycles. The van der Waals surface area contributed by atoms with Gasteiger partial charge in [0.1, 0.15) is 5.69 Å². The summed E-state index contributed by atoms with van der Waals surface area (Å²) in [6, 6.07) is 2.64. The fourth-order valence-corrected chi connectivity index (χ4v) is 3.15. The first-order valence-electron chi connectivity index (χ1n) is 8.49. The van der Waals surface area contributed by atoms with Gasteiger partial charge in [-0.25, -0.2) is 0 Å². The van der Waals surface area contributed by atoms with Gasteiger partial charge in [-0.1, -0.05) is 32.9 Å². The Kier molecular flexibility index (Phi) is 4.19. The van der Waals surface area contributed by atoms with Gasteiger partial charge in [-0.2, -0.15) is 5.10 Å². The summed E-state index contributed by atoms with van der Waals surface area (Å²) < 4.78 is 0. The fraction of sp³-hybridized carbons (Fsp3) is 0.526. The summed E-state index contributed by atoms with van der Waals surface area (Å²) >= 11 is 0. The van der Waals surface area contributed by atoms with E-state index in [4.69, 9.17) is 0 Å². The molecule has 0 radical (unpaired) electrons. The maximum atomic E-state index is 4.57. The molecule has 1 atom stereocenters. The zero-order chi connectivity index (χ0) is 16.6. The summed E-state index contributed by atoms with van der Waals surface area (Å²) in [5.74, 6) is 0. The minimum Gasteiger partial charge on any atom is -0.357 e. The van der Waals surface area contributed by atoms with Gasteiger partial charge in [0, 0.05) is 29.4 Å². The fourth-order valence-electron chi connectivity index (χ4n) is 3.15. The second kappa shape index (κ2) is 6.00. The predicted octanol–water partition coefficient (Wildman–Crippen LogP) is 3.85. The van der Waals surface area contributed by atoms with Gasteiger partial charge in [-0.3, -0.25) is 5.10 Å². The van der Waals surface area contributed by atoms with Crippen LogP contribution in [-0.2, 0) is 12.8 Å². The standard InChI is InChI=1S/C19H28N4/c1-12-15(8-9-19(2,3)4)18(23-22-12)17-10-13-6-7-14(20-5)11-16(13)21-17/h6-7,10,14,20-21H,8-9,11H2,1-5H3,(H,22,23). The average molecular weight is 312 g/mol. The molecule has 2 aromatic heterocycles. The minimum atomic E-state index is 0.332. The molecule has 2 aromatic rings. The van der Waals surface area contributed by atoms with Crippen molar-refractivity contribution in [3.05, 3.63) is 34.7 Å². The first-order chi connectivity index (χ1) is 10.9. The Morgan fingerprint density at radius 3 is 2.83 bits per heavy atom. The van der Waals surface area contributed by atoms with Crippen LogP contribution in [0.3, 0.4) is 0 Å². The topological polar surface area (TPSA) is 56.5 Å². The lowest BCUT2D eigenvalue weighted by Crippen LogP contribution is -2.27. The Bertz CT molecular complexity index is 712. The van der Waals surface area contributed by atoms with Crippen LogP contribution in [0, 0.1) is 12.3 Å². The molecule has 1 unspecified atom stereocenters. The molecule has 1 aliphatic rings. The third kappa shape index (κ3) is 3.42. The van der Waals surface area contributed by atoms with Crippen molar-refractivity contribution in [1.29, 1.82) is 0 Å². The first-order valence-corrected chi connectivity index (χ1v) is 8.49. The molecule has 0 saturated carbocycles. The predicted molar refractivity (Wildman–Crippen MR) is 96.5 cm³/mol. The lowest BCUT2D eigenvalue weighted by Gasteiger charge is -2.17. The zero-order valence-electron chi connectivity index (χ0n) is 14.9. The van der Waals surface area contributed by atoms with Crippen molar-refractivity contribution in [2.24, 2.45) is 5.41 Å². The van der Waals surface area contributed by atoms with Crippen molar-refractivity contribution >= 4 is 6.08 Å².